The molecule has 490 valence electrons. The predicted molar refractivity (Wildman–Crippen MR) is 264 cm³/mol. The van der Waals surface area contributed by atoms with Crippen molar-refractivity contribution in [3.8, 4) is 0 Å². The molecule has 21 aliphatic heterocycles. The molecule has 0 aromatic heterocycles. The third-order valence-corrected chi connectivity index (χ3v) is 21.5. The summed E-state index contributed by atoms with van der Waals surface area (Å²) in [6.07, 6.45) is -69.5. The summed E-state index contributed by atoms with van der Waals surface area (Å²) >= 11 is 0. The van der Waals surface area contributed by atoms with Crippen LogP contribution in [0.3, 0.4) is 0 Å². The molecule has 35 nitrogen and oxygen atoms in total. The van der Waals surface area contributed by atoms with Crippen LogP contribution in [0, 0.1) is 0 Å². The van der Waals surface area contributed by atoms with Gasteiger partial charge in [0.2, 0.25) is 0 Å². The van der Waals surface area contributed by atoms with E-state index in [1.165, 1.54) is 0 Å². The van der Waals surface area contributed by atoms with Gasteiger partial charge < -0.3 is 173 Å². The van der Waals surface area contributed by atoms with E-state index in [4.69, 9.17) is 70.7 Å². The van der Waals surface area contributed by atoms with Crippen LogP contribution in [-0.2, 0) is 70.7 Å². The number of ether oxygens (including phenoxy) is 14. The summed E-state index contributed by atoms with van der Waals surface area (Å²) in [5.74, 6) is 0. The lowest BCUT2D eigenvalue weighted by atomic mass is 9.95. The molecule has 84 heavy (non-hydrogen) atoms. The maximum Gasteiger partial charge on any atom is 0.192 e. The molecule has 0 spiro atoms. The lowest BCUT2D eigenvalue weighted by Crippen LogP contribution is -2.68. The lowest BCUT2D eigenvalue weighted by Gasteiger charge is -2.50. The highest BCUT2D eigenvalue weighted by Crippen LogP contribution is 2.41. The molecule has 21 rings (SSSR count). The second-order valence-corrected chi connectivity index (χ2v) is 28.3. The molecule has 21 saturated heterocycles. The Labute approximate surface area is 480 Å². The van der Waals surface area contributed by atoms with Crippen molar-refractivity contribution >= 4 is 8.32 Å². The van der Waals surface area contributed by atoms with Gasteiger partial charge in [0, 0.05) is 0 Å². The third kappa shape index (κ3) is 13.7. The highest BCUT2D eigenvalue weighted by atomic mass is 28.4. The average molecular weight is 1250 g/mol. The molecule has 21 heterocycles. The molecular formula is C48H84O35Si. The molecule has 21 fully saturated rings. The Bertz CT molecular complexity index is 2040. The SMILES string of the molecule is CC(C)(C)[Si](C)(C)OC[C@H]1O[C@@H]2O[C@H]3[C@H](O)[C@@H](O)[C@@H](O[C@H]4[C@H](O)[C@@H](O)[C@@H](O[C@H]5[C@H](O)[C@@H](O)[C@@H](O[C@H]6[C@H](O)[C@@H](O)[C@@H](O[C@H]7[C@H](O)[C@@H](O)[C@@H](O[C@H]8[C@H](O)[C@@H](O)[C@@H](O[C@H]1[C@H](O)[C@H]2O)O[C@@H]8CO)O[C@@H]7CO)O[C@@H]6CO)O[C@@H]5CO)O[C@@H]4CO)O[C@@H]3CO. The summed E-state index contributed by atoms with van der Waals surface area (Å²) in [7, 11) is -2.74. The first-order valence-corrected chi connectivity index (χ1v) is 30.5. The van der Waals surface area contributed by atoms with Crippen LogP contribution >= 0.6 is 0 Å². The summed E-state index contributed by atoms with van der Waals surface area (Å²) < 4.78 is 87.9. The number of hydrogen-bond acceptors (Lipinski definition) is 35. The second kappa shape index (κ2) is 28.1. The van der Waals surface area contributed by atoms with Crippen molar-refractivity contribution in [2.45, 2.75) is 254 Å². The van der Waals surface area contributed by atoms with E-state index in [-0.39, 0.29) is 0 Å². The van der Waals surface area contributed by atoms with Gasteiger partial charge in [-0.25, -0.2) is 0 Å². The standard InChI is InChI=1S/C48H84O35Si/c1-48(2,3)84(4,5)69-12-19-40-26(61)33(68)47(76-19)82-39-18(11-54)74-45(31(66)24(39)59)80-37-16(9-52)72-43(29(64)22(37)57)78-35-14(7-50)70-41(27(62)20(35)55)77-34-13(6-49)71-42(28(63)21(34)56)79-36-15(8-51)73-44(30(65)23(36)58)81-38-17(10-53)75-46(83-40)32(67)25(38)60/h13-47,49-68H,6-12H2,1-5H3/t13-,14-,15-,16-,17-,18-,19-,20-,21-,22-,23-,24-,25-,26-,27-,28-,29-,30-,31-,32-,33-,34-,35-,36-,37-,38-,39-,40-,41-,42-,43-,44-,45-,46-,47-/m1/s1. The predicted octanol–water partition coefficient (Wildman–Crippen LogP) is -12.2. The normalized spacial score (nSPS) is 52.2. The quantitative estimate of drug-likeness (QED) is 0.0953. The first kappa shape index (κ1) is 68.7. The molecular weight excluding hydrogens is 1160 g/mol. The highest BCUT2D eigenvalue weighted by Gasteiger charge is 2.60. The molecule has 0 saturated carbocycles. The number of rotatable bonds is 9. The molecule has 0 aliphatic carbocycles. The zero-order valence-electron chi connectivity index (χ0n) is 46.2. The molecule has 0 amide bonds. The van der Waals surface area contributed by atoms with Gasteiger partial charge in [0.25, 0.3) is 0 Å². The molecule has 0 radical (unpaired) electrons. The fraction of sp³-hybridized carbons (Fsp3) is 1.00. The van der Waals surface area contributed by atoms with Crippen molar-refractivity contribution in [2.75, 3.05) is 46.2 Å². The van der Waals surface area contributed by atoms with E-state index in [0.717, 1.165) is 0 Å². The number of hydrogen-bond donors (Lipinski definition) is 20. The van der Waals surface area contributed by atoms with Crippen molar-refractivity contribution in [3.05, 3.63) is 0 Å². The second-order valence-electron chi connectivity index (χ2n) is 23.5. The molecule has 21 aliphatic rings. The Morgan fingerprint density at radius 3 is 0.571 bits per heavy atom. The van der Waals surface area contributed by atoms with Gasteiger partial charge in [0.1, 0.15) is 171 Å². The summed E-state index contributed by atoms with van der Waals surface area (Å²) in [6, 6.07) is 0. The van der Waals surface area contributed by atoms with E-state index in [1.54, 1.807) is 0 Å². The Kier molecular flexibility index (Phi) is 23.0. The van der Waals surface area contributed by atoms with Crippen LogP contribution in [0.2, 0.25) is 18.1 Å². The summed E-state index contributed by atoms with van der Waals surface area (Å²) in [4.78, 5) is 0. The van der Waals surface area contributed by atoms with Crippen LogP contribution in [-0.4, -0.2) is 372 Å². The van der Waals surface area contributed by atoms with Gasteiger partial charge in [0.05, 0.1) is 46.2 Å². The van der Waals surface area contributed by atoms with Crippen LogP contribution in [0.15, 0.2) is 0 Å². The monoisotopic (exact) mass is 1250 g/mol. The van der Waals surface area contributed by atoms with E-state index in [0.29, 0.717) is 0 Å². The summed E-state index contributed by atoms with van der Waals surface area (Å²) in [5.41, 5.74) is 0. The Morgan fingerprint density at radius 1 is 0.262 bits per heavy atom. The minimum absolute atomic E-state index is 0.436. The first-order chi connectivity index (χ1) is 39.6. The largest absolute Gasteiger partial charge is 0.414 e. The smallest absolute Gasteiger partial charge is 0.192 e. The molecule has 14 bridgehead atoms. The van der Waals surface area contributed by atoms with Gasteiger partial charge in [0.15, 0.2) is 52.3 Å². The van der Waals surface area contributed by atoms with Gasteiger partial charge >= 0.3 is 0 Å². The maximum atomic E-state index is 11.8. The van der Waals surface area contributed by atoms with Crippen LogP contribution in [0.1, 0.15) is 20.8 Å². The zero-order valence-corrected chi connectivity index (χ0v) is 47.2. The number of aliphatic hydroxyl groups excluding tert-OH is 20. The van der Waals surface area contributed by atoms with E-state index in [1.807, 2.05) is 33.9 Å². The number of aliphatic hydroxyl groups is 20. The van der Waals surface area contributed by atoms with Crippen LogP contribution in [0.4, 0.5) is 0 Å². The van der Waals surface area contributed by atoms with Crippen LogP contribution in [0.5, 0.6) is 0 Å². The van der Waals surface area contributed by atoms with E-state index in [2.05, 4.69) is 0 Å². The van der Waals surface area contributed by atoms with Crippen molar-refractivity contribution < 1.29 is 173 Å². The van der Waals surface area contributed by atoms with Gasteiger partial charge in [-0.05, 0) is 18.1 Å². The van der Waals surface area contributed by atoms with Gasteiger partial charge in [-0.2, -0.15) is 0 Å². The van der Waals surface area contributed by atoms with Gasteiger partial charge in [-0.3, -0.25) is 0 Å². The van der Waals surface area contributed by atoms with Gasteiger partial charge in [-0.15, -0.1) is 0 Å². The van der Waals surface area contributed by atoms with Crippen molar-refractivity contribution in [2.24, 2.45) is 0 Å². The van der Waals surface area contributed by atoms with E-state index in [9.17, 15) is 102 Å². The van der Waals surface area contributed by atoms with Crippen LogP contribution < -0.4 is 0 Å². The maximum absolute atomic E-state index is 11.8. The fourth-order valence-electron chi connectivity index (χ4n) is 10.9. The van der Waals surface area contributed by atoms with Crippen molar-refractivity contribution in [3.63, 3.8) is 0 Å². The van der Waals surface area contributed by atoms with Crippen LogP contribution in [0.25, 0.3) is 0 Å². The molecule has 36 heteroatoms. The lowest BCUT2D eigenvalue weighted by molar-refractivity contribution is -0.396. The van der Waals surface area contributed by atoms with E-state index < -0.39 is 275 Å². The fourth-order valence-corrected chi connectivity index (χ4v) is 11.9. The molecule has 35 atom stereocenters. The minimum atomic E-state index is -2.74. The topological polar surface area (TPSA) is 543 Å². The third-order valence-electron chi connectivity index (χ3n) is 17.0. The zero-order chi connectivity index (χ0) is 61.8. The van der Waals surface area contributed by atoms with Crippen molar-refractivity contribution in [1.82, 2.24) is 0 Å². The summed E-state index contributed by atoms with van der Waals surface area (Å²) in [6.45, 7) is 2.80. The molecule has 0 aromatic carbocycles. The summed E-state index contributed by atoms with van der Waals surface area (Å²) in [5, 5.41) is 223. The van der Waals surface area contributed by atoms with E-state index >= 15 is 0 Å². The Hall–Kier alpha value is -1.18. The average Bonchev–Trinajstić information content (AvgIpc) is 1.60. The first-order valence-electron chi connectivity index (χ1n) is 27.5. The minimum Gasteiger partial charge on any atom is -0.414 e. The molecule has 0 unspecified atom stereocenters. The van der Waals surface area contributed by atoms with Crippen molar-refractivity contribution in [1.29, 1.82) is 0 Å². The highest BCUT2D eigenvalue weighted by molar-refractivity contribution is 6.74. The van der Waals surface area contributed by atoms with Gasteiger partial charge in [-0.1, -0.05) is 20.8 Å². The Morgan fingerprint density at radius 2 is 0.417 bits per heavy atom. The Balaban J connectivity index is 1.11. The molecule has 0 aromatic rings. The molecule has 20 N–H and O–H groups in total.